The number of aliphatic hydroxyl groups is 1. The monoisotopic (exact) mass is 263 g/mol. The first-order valence-corrected chi connectivity index (χ1v) is 7.22. The molecule has 2 fully saturated rings. The van der Waals surface area contributed by atoms with Gasteiger partial charge in [-0.3, -0.25) is 4.79 Å². The number of nitrogens with one attached hydrogen (secondary N) is 2. The van der Waals surface area contributed by atoms with Gasteiger partial charge < -0.3 is 15.4 Å². The molecule has 0 spiro atoms. The molecule has 2 saturated carbocycles. The van der Waals surface area contributed by atoms with Gasteiger partial charge in [0.2, 0.25) is 0 Å². The fourth-order valence-electron chi connectivity index (χ4n) is 2.76. The lowest BCUT2D eigenvalue weighted by Gasteiger charge is -2.32. The molecular weight excluding hydrogens is 242 g/mol. The van der Waals surface area contributed by atoms with E-state index in [-0.39, 0.29) is 5.56 Å². The van der Waals surface area contributed by atoms with Gasteiger partial charge in [0.1, 0.15) is 11.6 Å². The maximum absolute atomic E-state index is 11.6. The predicted molar refractivity (Wildman–Crippen MR) is 73.4 cm³/mol. The number of anilines is 1. The first-order valence-electron chi connectivity index (χ1n) is 7.22. The molecule has 0 atom stereocenters. The first-order chi connectivity index (χ1) is 9.15. The fraction of sp³-hybridized carbons (Fsp3) is 0.714. The molecule has 5 nitrogen and oxygen atoms in total. The zero-order valence-electron chi connectivity index (χ0n) is 11.1. The summed E-state index contributed by atoms with van der Waals surface area (Å²) in [5, 5.41) is 13.6. The van der Waals surface area contributed by atoms with Gasteiger partial charge >= 0.3 is 0 Å². The SMILES string of the molecule is O=c1cc(NCC2(O)CCCCC2)nc(C2CC2)[nH]1. The second kappa shape index (κ2) is 4.96. The summed E-state index contributed by atoms with van der Waals surface area (Å²) in [6, 6.07) is 1.47. The highest BCUT2D eigenvalue weighted by Crippen LogP contribution is 2.37. The summed E-state index contributed by atoms with van der Waals surface area (Å²) in [4.78, 5) is 18.8. The molecule has 2 aliphatic rings. The highest BCUT2D eigenvalue weighted by Gasteiger charge is 2.29. The number of aromatic amines is 1. The van der Waals surface area contributed by atoms with Crippen LogP contribution in [0.15, 0.2) is 10.9 Å². The Morgan fingerprint density at radius 1 is 1.37 bits per heavy atom. The predicted octanol–water partition coefficient (Wildman–Crippen LogP) is 1.75. The Morgan fingerprint density at radius 3 is 2.79 bits per heavy atom. The third-order valence-corrected chi connectivity index (χ3v) is 4.11. The third kappa shape index (κ3) is 3.15. The van der Waals surface area contributed by atoms with Gasteiger partial charge in [-0.05, 0) is 25.7 Å². The van der Waals surface area contributed by atoms with Gasteiger partial charge in [0, 0.05) is 18.5 Å². The van der Waals surface area contributed by atoms with Crippen molar-refractivity contribution in [3.63, 3.8) is 0 Å². The van der Waals surface area contributed by atoms with E-state index in [0.29, 0.717) is 18.3 Å². The van der Waals surface area contributed by atoms with E-state index in [4.69, 9.17) is 0 Å². The molecule has 1 heterocycles. The summed E-state index contributed by atoms with van der Waals surface area (Å²) < 4.78 is 0. The lowest BCUT2D eigenvalue weighted by molar-refractivity contribution is 0.0166. The molecule has 0 radical (unpaired) electrons. The smallest absolute Gasteiger partial charge is 0.252 e. The quantitative estimate of drug-likeness (QED) is 0.773. The lowest BCUT2D eigenvalue weighted by Crippen LogP contribution is -2.39. The van der Waals surface area contributed by atoms with Crippen LogP contribution >= 0.6 is 0 Å². The molecule has 3 rings (SSSR count). The molecule has 1 aromatic heterocycles. The van der Waals surface area contributed by atoms with Crippen molar-refractivity contribution in [3.05, 3.63) is 22.2 Å². The molecule has 3 N–H and O–H groups in total. The zero-order chi connectivity index (χ0) is 13.3. The van der Waals surface area contributed by atoms with Crippen molar-refractivity contribution in [1.29, 1.82) is 0 Å². The molecule has 1 aromatic rings. The van der Waals surface area contributed by atoms with Crippen molar-refractivity contribution in [2.24, 2.45) is 0 Å². The average molecular weight is 263 g/mol. The lowest BCUT2D eigenvalue weighted by atomic mass is 9.85. The van der Waals surface area contributed by atoms with Crippen molar-refractivity contribution in [2.45, 2.75) is 56.5 Å². The highest BCUT2D eigenvalue weighted by molar-refractivity contribution is 5.34. The average Bonchev–Trinajstić information content (AvgIpc) is 3.21. The first kappa shape index (κ1) is 12.7. The Balaban J connectivity index is 1.67. The fourth-order valence-corrected chi connectivity index (χ4v) is 2.76. The molecule has 0 unspecified atom stereocenters. The van der Waals surface area contributed by atoms with Crippen LogP contribution in [0.25, 0.3) is 0 Å². The van der Waals surface area contributed by atoms with Crippen LogP contribution in [0.1, 0.15) is 56.7 Å². The minimum absolute atomic E-state index is 0.116. The number of hydrogen-bond donors (Lipinski definition) is 3. The molecule has 0 aliphatic heterocycles. The summed E-state index contributed by atoms with van der Waals surface area (Å²) in [5.41, 5.74) is -0.752. The number of H-pyrrole nitrogens is 1. The van der Waals surface area contributed by atoms with Crippen molar-refractivity contribution < 1.29 is 5.11 Å². The van der Waals surface area contributed by atoms with E-state index in [1.54, 1.807) is 0 Å². The molecule has 0 aromatic carbocycles. The molecular formula is C14H21N3O2. The van der Waals surface area contributed by atoms with Crippen molar-refractivity contribution in [1.82, 2.24) is 9.97 Å². The van der Waals surface area contributed by atoms with Gasteiger partial charge in [-0.2, -0.15) is 0 Å². The molecule has 0 amide bonds. The Bertz CT molecular complexity index is 502. The summed E-state index contributed by atoms with van der Waals surface area (Å²) in [6.45, 7) is 0.480. The van der Waals surface area contributed by atoms with Crippen molar-refractivity contribution in [3.8, 4) is 0 Å². The van der Waals surface area contributed by atoms with E-state index in [2.05, 4.69) is 15.3 Å². The number of rotatable bonds is 4. The van der Waals surface area contributed by atoms with E-state index in [0.717, 1.165) is 44.3 Å². The molecule has 0 bridgehead atoms. The largest absolute Gasteiger partial charge is 0.388 e. The number of hydrogen-bond acceptors (Lipinski definition) is 4. The van der Waals surface area contributed by atoms with Crippen LogP contribution in [0, 0.1) is 0 Å². The van der Waals surface area contributed by atoms with Gasteiger partial charge in [0.25, 0.3) is 5.56 Å². The second-order valence-corrected chi connectivity index (χ2v) is 5.93. The van der Waals surface area contributed by atoms with E-state index in [1.807, 2.05) is 0 Å². The molecule has 104 valence electrons. The Hall–Kier alpha value is -1.36. The highest BCUT2D eigenvalue weighted by atomic mass is 16.3. The van der Waals surface area contributed by atoms with E-state index >= 15 is 0 Å². The van der Waals surface area contributed by atoms with Gasteiger partial charge in [0.15, 0.2) is 0 Å². The summed E-state index contributed by atoms with van der Waals surface area (Å²) in [6.07, 6.45) is 7.24. The van der Waals surface area contributed by atoms with Crippen LogP contribution in [-0.2, 0) is 0 Å². The second-order valence-electron chi connectivity index (χ2n) is 5.93. The third-order valence-electron chi connectivity index (χ3n) is 4.11. The maximum atomic E-state index is 11.6. The maximum Gasteiger partial charge on any atom is 0.252 e. The zero-order valence-corrected chi connectivity index (χ0v) is 11.1. The summed E-state index contributed by atoms with van der Waals surface area (Å²) in [5.74, 6) is 1.79. The van der Waals surface area contributed by atoms with Gasteiger partial charge in [-0.25, -0.2) is 4.98 Å². The van der Waals surface area contributed by atoms with Crippen LogP contribution in [0.2, 0.25) is 0 Å². The summed E-state index contributed by atoms with van der Waals surface area (Å²) in [7, 11) is 0. The van der Waals surface area contributed by atoms with Crippen molar-refractivity contribution in [2.75, 3.05) is 11.9 Å². The van der Waals surface area contributed by atoms with Crippen LogP contribution in [0.5, 0.6) is 0 Å². The number of nitrogens with zero attached hydrogens (tertiary/aromatic N) is 1. The van der Waals surface area contributed by atoms with Gasteiger partial charge in [-0.1, -0.05) is 19.3 Å². The Labute approximate surface area is 112 Å². The minimum atomic E-state index is -0.637. The molecule has 19 heavy (non-hydrogen) atoms. The topological polar surface area (TPSA) is 78.0 Å². The minimum Gasteiger partial charge on any atom is -0.388 e. The van der Waals surface area contributed by atoms with Gasteiger partial charge in [-0.15, -0.1) is 0 Å². The molecule has 0 saturated heterocycles. The van der Waals surface area contributed by atoms with E-state index in [1.165, 1.54) is 12.5 Å². The van der Waals surface area contributed by atoms with Crippen molar-refractivity contribution >= 4 is 5.82 Å². The van der Waals surface area contributed by atoms with Crippen LogP contribution in [-0.4, -0.2) is 27.2 Å². The van der Waals surface area contributed by atoms with Crippen LogP contribution in [0.3, 0.4) is 0 Å². The molecule has 5 heteroatoms. The van der Waals surface area contributed by atoms with E-state index < -0.39 is 5.60 Å². The summed E-state index contributed by atoms with van der Waals surface area (Å²) >= 11 is 0. The number of aromatic nitrogens is 2. The normalized spacial score (nSPS) is 22.2. The standard InChI is InChI=1S/C14H21N3O2/c18-12-8-11(16-13(17-12)10-4-5-10)15-9-14(19)6-2-1-3-7-14/h8,10,19H,1-7,9H2,(H2,15,16,17,18). The Morgan fingerprint density at radius 2 is 2.11 bits per heavy atom. The Kier molecular flexibility index (Phi) is 3.31. The van der Waals surface area contributed by atoms with Crippen LogP contribution < -0.4 is 10.9 Å². The van der Waals surface area contributed by atoms with Gasteiger partial charge in [0.05, 0.1) is 5.60 Å². The van der Waals surface area contributed by atoms with E-state index in [9.17, 15) is 9.90 Å². The molecule has 2 aliphatic carbocycles. The van der Waals surface area contributed by atoms with Crippen LogP contribution in [0.4, 0.5) is 5.82 Å².